The number of methoxy groups -OCH3 is 2. The van der Waals surface area contributed by atoms with E-state index in [-0.39, 0.29) is 5.92 Å². The maximum absolute atomic E-state index is 5.83. The lowest BCUT2D eigenvalue weighted by molar-refractivity contribution is 0.340. The van der Waals surface area contributed by atoms with Crippen molar-refractivity contribution >= 4 is 84.1 Å². The van der Waals surface area contributed by atoms with Crippen LogP contribution in [0, 0.1) is 0 Å². The molecule has 14 rings (SSSR count). The summed E-state index contributed by atoms with van der Waals surface area (Å²) < 4.78 is 17.0. The van der Waals surface area contributed by atoms with E-state index >= 15 is 0 Å². The van der Waals surface area contributed by atoms with Gasteiger partial charge in [-0.1, -0.05) is 164 Å². The van der Waals surface area contributed by atoms with E-state index < -0.39 is 0 Å². The third-order valence-corrected chi connectivity index (χ3v) is 17.2. The summed E-state index contributed by atoms with van der Waals surface area (Å²) in [6.07, 6.45) is 7.86. The molecule has 0 saturated carbocycles. The zero-order valence-electron chi connectivity index (χ0n) is 51.2. The summed E-state index contributed by atoms with van der Waals surface area (Å²) >= 11 is 0. The van der Waals surface area contributed by atoms with Crippen molar-refractivity contribution in [2.24, 2.45) is 0 Å². The summed E-state index contributed by atoms with van der Waals surface area (Å²) in [4.78, 5) is 9.32. The quantitative estimate of drug-likeness (QED) is 0.0799. The minimum Gasteiger partial charge on any atom is -0.497 e. The molecule has 1 atom stereocenters. The Morgan fingerprint density at radius 3 is 1.05 bits per heavy atom. The maximum Gasteiger partial charge on any atom is 0.119 e. The molecule has 7 heteroatoms. The summed E-state index contributed by atoms with van der Waals surface area (Å²) in [6, 6.07) is 110. The first-order valence-corrected chi connectivity index (χ1v) is 31.1. The van der Waals surface area contributed by atoms with Crippen LogP contribution < -0.4 is 33.8 Å². The number of anilines is 11. The number of fused-ring (bicyclic) bond motifs is 2. The molecule has 0 aliphatic heterocycles. The van der Waals surface area contributed by atoms with E-state index in [1.807, 2.05) is 43.3 Å². The van der Waals surface area contributed by atoms with Gasteiger partial charge in [0.25, 0.3) is 0 Å². The van der Waals surface area contributed by atoms with Crippen LogP contribution in [0.1, 0.15) is 24.8 Å². The zero-order chi connectivity index (χ0) is 61.5. The van der Waals surface area contributed by atoms with Crippen LogP contribution in [-0.2, 0) is 0 Å². The zero-order valence-corrected chi connectivity index (χ0v) is 51.2. The molecule has 0 spiro atoms. The molecular formula is C84H68N4O3. The molecule has 1 aliphatic carbocycles. The monoisotopic (exact) mass is 1180 g/mol. The topological polar surface area (TPSA) is 40.7 Å². The van der Waals surface area contributed by atoms with Gasteiger partial charge in [0.15, 0.2) is 0 Å². The molecule has 7 nitrogen and oxygen atoms in total. The lowest BCUT2D eigenvalue weighted by atomic mass is 9.91. The van der Waals surface area contributed by atoms with Crippen molar-refractivity contribution in [3.8, 4) is 39.5 Å². The lowest BCUT2D eigenvalue weighted by Gasteiger charge is -2.30. The van der Waals surface area contributed by atoms with Gasteiger partial charge in [0, 0.05) is 73.6 Å². The van der Waals surface area contributed by atoms with E-state index in [0.29, 0.717) is 6.61 Å². The summed E-state index contributed by atoms with van der Waals surface area (Å²) in [7, 11) is 3.41. The van der Waals surface area contributed by atoms with E-state index in [1.54, 1.807) is 14.2 Å². The number of para-hydroxylation sites is 1. The molecule has 0 saturated heterocycles. The second-order valence-electron chi connectivity index (χ2n) is 22.6. The van der Waals surface area contributed by atoms with Gasteiger partial charge in [-0.3, -0.25) is 0 Å². The minimum atomic E-state index is 0.226. The third-order valence-electron chi connectivity index (χ3n) is 17.2. The van der Waals surface area contributed by atoms with Crippen molar-refractivity contribution in [2.75, 3.05) is 40.4 Å². The van der Waals surface area contributed by atoms with Crippen molar-refractivity contribution in [3.63, 3.8) is 0 Å². The number of hydrogen-bond acceptors (Lipinski definition) is 7. The molecule has 0 bridgehead atoms. The fourth-order valence-corrected chi connectivity index (χ4v) is 12.6. The highest BCUT2D eigenvalue weighted by atomic mass is 16.5. The van der Waals surface area contributed by atoms with E-state index in [4.69, 9.17) is 14.2 Å². The van der Waals surface area contributed by atoms with Gasteiger partial charge in [-0.05, 0) is 216 Å². The number of benzene rings is 13. The van der Waals surface area contributed by atoms with Crippen molar-refractivity contribution in [2.45, 2.75) is 19.3 Å². The summed E-state index contributed by atoms with van der Waals surface area (Å²) in [6.45, 7) is 2.63. The summed E-state index contributed by atoms with van der Waals surface area (Å²) in [5.74, 6) is 2.70. The van der Waals surface area contributed by atoms with E-state index in [0.717, 1.165) is 114 Å². The molecule has 13 aromatic rings. The molecule has 0 radical (unpaired) electrons. The van der Waals surface area contributed by atoms with Gasteiger partial charge < -0.3 is 33.8 Å². The lowest BCUT2D eigenvalue weighted by Crippen LogP contribution is -2.17. The molecule has 442 valence electrons. The number of allylic oxidation sites excluding steroid dienone is 3. The molecule has 0 heterocycles. The van der Waals surface area contributed by atoms with Crippen LogP contribution in [0.15, 0.2) is 333 Å². The SMILES string of the molecule is CCOc1ccc(N(c2ccc(-c3ccc(N(c4ccc(OC)cc4)c4ccc(-c5ccc(N(C6=CCC(c7ccc(N(c8ccccc8)c8cccc9ccccc89)cc7)C=C6)c6ccc(OC)cc6)cc5)cc4)cc3)cc2)c2cccc3ccccc23)cc1. The molecule has 91 heavy (non-hydrogen) atoms. The number of rotatable bonds is 19. The average molecular weight is 1180 g/mol. The van der Waals surface area contributed by atoms with Gasteiger partial charge in [0.05, 0.1) is 32.2 Å². The molecule has 0 aromatic heterocycles. The predicted octanol–water partition coefficient (Wildman–Crippen LogP) is 22.9. The first-order chi connectivity index (χ1) is 45.0. The standard InChI is InChI=1S/C84H68N4O3/c1-4-91-80-58-52-77(53-59-80)88(84-23-13-17-67-15-9-11-21-82(67)84)76-46-34-65(35-47-76)63-30-42-72(43-31-63)86(74-50-56-79(90-3)57-51-74)70-38-26-61(27-39-70)60-24-36-69(37-25-60)85(73-48-54-78(89-2)55-49-73)71-40-28-62(29-41-71)64-32-44-75(45-33-64)87(68-18-6-5-7-19-68)83-22-12-16-66-14-8-10-20-81(66)83/h5-28,30-59,62H,4,29H2,1-3H3. The van der Waals surface area contributed by atoms with E-state index in [1.165, 1.54) is 27.1 Å². The smallest absolute Gasteiger partial charge is 0.119 e. The number of nitrogens with zero attached hydrogens (tertiary/aromatic N) is 4. The minimum absolute atomic E-state index is 0.226. The summed E-state index contributed by atoms with van der Waals surface area (Å²) in [5.41, 5.74) is 18.7. The van der Waals surface area contributed by atoms with Gasteiger partial charge in [-0.15, -0.1) is 0 Å². The molecule has 13 aromatic carbocycles. The second-order valence-corrected chi connectivity index (χ2v) is 22.6. The Hall–Kier alpha value is -11.5. The highest BCUT2D eigenvalue weighted by Gasteiger charge is 2.22. The maximum atomic E-state index is 5.83. The second kappa shape index (κ2) is 26.0. The van der Waals surface area contributed by atoms with E-state index in [9.17, 15) is 0 Å². The van der Waals surface area contributed by atoms with Crippen LogP contribution in [0.4, 0.5) is 62.6 Å². The fourth-order valence-electron chi connectivity index (χ4n) is 12.6. The fraction of sp³-hybridized carbons (Fsp3) is 0.0714. The Morgan fingerprint density at radius 2 is 0.659 bits per heavy atom. The van der Waals surface area contributed by atoms with Crippen LogP contribution in [0.5, 0.6) is 17.2 Å². The number of ether oxygens (including phenoxy) is 3. The van der Waals surface area contributed by atoms with Crippen LogP contribution >= 0.6 is 0 Å². The van der Waals surface area contributed by atoms with Crippen molar-refractivity contribution in [1.29, 1.82) is 0 Å². The van der Waals surface area contributed by atoms with Gasteiger partial charge in [-0.2, -0.15) is 0 Å². The predicted molar refractivity (Wildman–Crippen MR) is 380 cm³/mol. The van der Waals surface area contributed by atoms with Gasteiger partial charge in [-0.25, -0.2) is 0 Å². The molecular weight excluding hydrogens is 1110 g/mol. The Balaban J connectivity index is 0.707. The van der Waals surface area contributed by atoms with Gasteiger partial charge >= 0.3 is 0 Å². The highest BCUT2D eigenvalue weighted by molar-refractivity contribution is 6.00. The van der Waals surface area contributed by atoms with Crippen LogP contribution in [0.2, 0.25) is 0 Å². The molecule has 1 unspecified atom stereocenters. The largest absolute Gasteiger partial charge is 0.497 e. The Bertz CT molecular complexity index is 4660. The van der Waals surface area contributed by atoms with Crippen LogP contribution in [0.3, 0.4) is 0 Å². The van der Waals surface area contributed by atoms with Crippen molar-refractivity contribution < 1.29 is 14.2 Å². The summed E-state index contributed by atoms with van der Waals surface area (Å²) in [5, 5.41) is 4.80. The van der Waals surface area contributed by atoms with E-state index in [2.05, 4.69) is 311 Å². The highest BCUT2D eigenvalue weighted by Crippen LogP contribution is 2.44. The van der Waals surface area contributed by atoms with Crippen LogP contribution in [-0.4, -0.2) is 20.8 Å². The Morgan fingerprint density at radius 1 is 0.319 bits per heavy atom. The molecule has 0 N–H and O–H groups in total. The molecule has 1 aliphatic rings. The van der Waals surface area contributed by atoms with Crippen molar-refractivity contribution in [3.05, 3.63) is 339 Å². The Kier molecular flexibility index (Phi) is 16.4. The van der Waals surface area contributed by atoms with Crippen molar-refractivity contribution in [1.82, 2.24) is 0 Å². The van der Waals surface area contributed by atoms with Gasteiger partial charge in [0.2, 0.25) is 0 Å². The first-order valence-electron chi connectivity index (χ1n) is 31.1. The third kappa shape index (κ3) is 12.0. The number of hydrogen-bond donors (Lipinski definition) is 0. The first kappa shape index (κ1) is 57.2. The normalized spacial score (nSPS) is 12.7. The Labute approximate surface area is 533 Å². The average Bonchev–Trinajstić information content (AvgIpc) is 1.66. The molecule has 0 amide bonds. The molecule has 0 fully saturated rings. The van der Waals surface area contributed by atoms with Gasteiger partial charge in [0.1, 0.15) is 17.2 Å². The van der Waals surface area contributed by atoms with Crippen LogP contribution in [0.25, 0.3) is 43.8 Å².